The van der Waals surface area contributed by atoms with Gasteiger partial charge in [0, 0.05) is 12.4 Å². The van der Waals surface area contributed by atoms with E-state index in [1.54, 1.807) is 7.05 Å². The Morgan fingerprint density at radius 1 is 0.926 bits per heavy atom. The van der Waals surface area contributed by atoms with Crippen LogP contribution in [0.5, 0.6) is 5.75 Å². The van der Waals surface area contributed by atoms with Crippen molar-refractivity contribution in [3.63, 3.8) is 0 Å². The highest BCUT2D eigenvalue weighted by molar-refractivity contribution is 7.86. The largest absolute Gasteiger partial charge is 0.491 e. The van der Waals surface area contributed by atoms with E-state index in [1.807, 2.05) is 0 Å². The molecule has 12 heteroatoms. The molecule has 2 aromatic carbocycles. The number of rotatable bonds is 10. The van der Waals surface area contributed by atoms with Crippen molar-refractivity contribution in [1.82, 2.24) is 5.48 Å². The minimum atomic E-state index is -4.74. The molecule has 0 unspecified atom stereocenters. The molecule has 0 heterocycles. The summed E-state index contributed by atoms with van der Waals surface area (Å²) in [5.41, 5.74) is 2.50. The van der Waals surface area contributed by atoms with E-state index < -0.39 is 30.0 Å². The Morgan fingerprint density at radius 2 is 1.63 bits per heavy atom. The monoisotopic (exact) mass is 421 g/mol. The van der Waals surface area contributed by atoms with Crippen molar-refractivity contribution in [2.45, 2.75) is 9.79 Å². The standard InChI is InChI=1S/C15H19NO9S2/c1-16-25-7-5-23-4-6-24-12-3-2-11-8-13(26(17,18)19)10-15(14(11)9-12)27(20,21)22/h2-3,8-10,16H,4-7H2,1H3,(H,17,18,19)(H,20,21,22). The summed E-state index contributed by atoms with van der Waals surface area (Å²) >= 11 is 0. The maximum absolute atomic E-state index is 11.6. The van der Waals surface area contributed by atoms with Gasteiger partial charge in [-0.05, 0) is 29.7 Å². The smallest absolute Gasteiger partial charge is 0.295 e. The zero-order chi connectivity index (χ0) is 20.1. The first kappa shape index (κ1) is 21.5. The van der Waals surface area contributed by atoms with Crippen LogP contribution < -0.4 is 10.2 Å². The Morgan fingerprint density at radius 3 is 2.26 bits per heavy atom. The molecule has 10 nitrogen and oxygen atoms in total. The summed E-state index contributed by atoms with van der Waals surface area (Å²) in [5, 5.41) is 0.233. The van der Waals surface area contributed by atoms with E-state index in [0.29, 0.717) is 25.0 Å². The zero-order valence-corrected chi connectivity index (χ0v) is 15.9. The van der Waals surface area contributed by atoms with Gasteiger partial charge < -0.3 is 9.47 Å². The molecule has 0 aliphatic rings. The number of nitrogens with one attached hydrogen (secondary N) is 1. The van der Waals surface area contributed by atoms with E-state index in [4.69, 9.17) is 18.9 Å². The molecule has 0 amide bonds. The molecule has 0 aliphatic carbocycles. The number of hydroxylamine groups is 1. The van der Waals surface area contributed by atoms with Gasteiger partial charge >= 0.3 is 0 Å². The van der Waals surface area contributed by atoms with Crippen LogP contribution in [0.15, 0.2) is 40.1 Å². The highest BCUT2D eigenvalue weighted by Gasteiger charge is 2.20. The Balaban J connectivity index is 2.23. The summed E-state index contributed by atoms with van der Waals surface area (Å²) in [6.45, 7) is 1.15. The fraction of sp³-hybridized carbons (Fsp3) is 0.333. The lowest BCUT2D eigenvalue weighted by molar-refractivity contribution is -0.0000801. The average molecular weight is 421 g/mol. The maximum atomic E-state index is 11.6. The second kappa shape index (κ2) is 8.93. The highest BCUT2D eigenvalue weighted by Crippen LogP contribution is 2.30. The van der Waals surface area contributed by atoms with Crippen LogP contribution in [0.25, 0.3) is 10.8 Å². The van der Waals surface area contributed by atoms with E-state index >= 15 is 0 Å². The molecule has 0 spiro atoms. The van der Waals surface area contributed by atoms with Crippen LogP contribution in [0.1, 0.15) is 0 Å². The molecule has 0 saturated heterocycles. The normalized spacial score (nSPS) is 12.4. The van der Waals surface area contributed by atoms with E-state index in [-0.39, 0.29) is 24.0 Å². The minimum Gasteiger partial charge on any atom is -0.491 e. The van der Waals surface area contributed by atoms with Crippen molar-refractivity contribution < 1.29 is 40.3 Å². The summed E-state index contributed by atoms with van der Waals surface area (Å²) < 4.78 is 75.2. The Bertz CT molecular complexity index is 1000. The quantitative estimate of drug-likeness (QED) is 0.287. The van der Waals surface area contributed by atoms with Gasteiger partial charge in [-0.1, -0.05) is 6.07 Å². The van der Waals surface area contributed by atoms with Gasteiger partial charge in [0.05, 0.1) is 24.7 Å². The molecule has 27 heavy (non-hydrogen) atoms. The van der Waals surface area contributed by atoms with Crippen molar-refractivity contribution in [2.24, 2.45) is 0 Å². The van der Waals surface area contributed by atoms with Crippen molar-refractivity contribution in [2.75, 3.05) is 33.5 Å². The summed E-state index contributed by atoms with van der Waals surface area (Å²) in [7, 11) is -7.77. The molecule has 0 radical (unpaired) electrons. The van der Waals surface area contributed by atoms with Gasteiger partial charge in [0.1, 0.15) is 17.3 Å². The number of ether oxygens (including phenoxy) is 2. The molecule has 3 N–H and O–H groups in total. The van der Waals surface area contributed by atoms with Crippen LogP contribution in [-0.4, -0.2) is 59.4 Å². The molecule has 2 rings (SSSR count). The van der Waals surface area contributed by atoms with Gasteiger partial charge in [0.25, 0.3) is 20.2 Å². The van der Waals surface area contributed by atoms with E-state index in [1.165, 1.54) is 18.2 Å². The van der Waals surface area contributed by atoms with Gasteiger partial charge in [0.15, 0.2) is 0 Å². The SMILES string of the molecule is CNOCCOCCOc1ccc2cc(S(=O)(=O)O)cc(S(=O)(=O)O)c2c1. The van der Waals surface area contributed by atoms with E-state index in [2.05, 4.69) is 5.48 Å². The van der Waals surface area contributed by atoms with Gasteiger partial charge in [-0.3, -0.25) is 13.9 Å². The predicted octanol–water partition coefficient (Wildman–Crippen LogP) is 0.880. The second-order valence-corrected chi connectivity index (χ2v) is 8.08. The van der Waals surface area contributed by atoms with Crippen LogP contribution in [0.3, 0.4) is 0 Å². The molecule has 0 fully saturated rings. The number of hydrogen-bond acceptors (Lipinski definition) is 8. The molecule has 0 aliphatic heterocycles. The summed E-state index contributed by atoms with van der Waals surface area (Å²) in [5.74, 6) is 0.294. The van der Waals surface area contributed by atoms with Crippen LogP contribution in [-0.2, 0) is 29.8 Å². The fourth-order valence-corrected chi connectivity index (χ4v) is 3.60. The first-order valence-corrected chi connectivity index (χ1v) is 10.5. The Kier molecular flexibility index (Phi) is 7.11. The molecular weight excluding hydrogens is 402 g/mol. The maximum Gasteiger partial charge on any atom is 0.295 e. The van der Waals surface area contributed by atoms with Crippen LogP contribution in [0.4, 0.5) is 0 Å². The topological polar surface area (TPSA) is 148 Å². The molecule has 150 valence electrons. The van der Waals surface area contributed by atoms with Gasteiger partial charge in [-0.2, -0.15) is 16.8 Å². The third-order valence-electron chi connectivity index (χ3n) is 3.41. The average Bonchev–Trinajstić information content (AvgIpc) is 2.58. The first-order chi connectivity index (χ1) is 12.6. The number of hydrogen-bond donors (Lipinski definition) is 3. The number of fused-ring (bicyclic) bond motifs is 1. The second-order valence-electron chi connectivity index (χ2n) is 5.27. The minimum absolute atomic E-state index is 0.0470. The van der Waals surface area contributed by atoms with Crippen LogP contribution in [0, 0.1) is 0 Å². The number of benzene rings is 2. The van der Waals surface area contributed by atoms with Gasteiger partial charge in [-0.15, -0.1) is 0 Å². The molecule has 2 aromatic rings. The third-order valence-corrected chi connectivity index (χ3v) is 5.13. The molecule has 0 atom stereocenters. The first-order valence-electron chi connectivity index (χ1n) is 7.65. The van der Waals surface area contributed by atoms with Gasteiger partial charge in [-0.25, -0.2) is 5.48 Å². The van der Waals surface area contributed by atoms with Gasteiger partial charge in [0.2, 0.25) is 0 Å². The van der Waals surface area contributed by atoms with Crippen molar-refractivity contribution >= 4 is 31.0 Å². The van der Waals surface area contributed by atoms with Crippen LogP contribution >= 0.6 is 0 Å². The lowest BCUT2D eigenvalue weighted by atomic mass is 10.1. The molecular formula is C15H19NO9S2. The van der Waals surface area contributed by atoms with Crippen molar-refractivity contribution in [3.8, 4) is 5.75 Å². The van der Waals surface area contributed by atoms with Crippen LogP contribution in [0.2, 0.25) is 0 Å². The van der Waals surface area contributed by atoms with Crippen molar-refractivity contribution in [1.29, 1.82) is 0 Å². The Hall–Kier alpha value is -1.80. The highest BCUT2D eigenvalue weighted by atomic mass is 32.2. The van der Waals surface area contributed by atoms with E-state index in [9.17, 15) is 21.4 Å². The molecule has 0 aromatic heterocycles. The summed E-state index contributed by atoms with van der Waals surface area (Å²) in [6.07, 6.45) is 0. The fourth-order valence-electron chi connectivity index (χ4n) is 2.25. The lowest BCUT2D eigenvalue weighted by Gasteiger charge is -2.11. The lowest BCUT2D eigenvalue weighted by Crippen LogP contribution is -2.15. The summed E-state index contributed by atoms with van der Waals surface area (Å²) in [6, 6.07) is 6.02. The third kappa shape index (κ3) is 6.10. The Labute approximate surface area is 156 Å². The molecule has 0 saturated carbocycles. The van der Waals surface area contributed by atoms with Crippen molar-refractivity contribution in [3.05, 3.63) is 30.3 Å². The summed E-state index contributed by atoms with van der Waals surface area (Å²) in [4.78, 5) is 3.57. The molecule has 0 bridgehead atoms. The zero-order valence-electron chi connectivity index (χ0n) is 14.3. The van der Waals surface area contributed by atoms with E-state index in [0.717, 1.165) is 6.07 Å². The predicted molar refractivity (Wildman–Crippen MR) is 94.9 cm³/mol.